The molecular weight excluding hydrogens is 368 g/mol. The first kappa shape index (κ1) is 30.0. The highest BCUT2D eigenvalue weighted by Gasteiger charge is 2.00. The van der Waals surface area contributed by atoms with E-state index in [1.807, 2.05) is 0 Å². The van der Waals surface area contributed by atoms with Crippen molar-refractivity contribution >= 4 is 5.97 Å². The molecule has 0 saturated carbocycles. The third kappa shape index (κ3) is 31.7. The first-order chi connectivity index (χ1) is 13.9. The van der Waals surface area contributed by atoms with Gasteiger partial charge in [-0.1, -0.05) is 63.3 Å². The lowest BCUT2D eigenvalue weighted by atomic mass is 10.1. The summed E-state index contributed by atoms with van der Waals surface area (Å²) in [7, 11) is 0. The summed E-state index contributed by atoms with van der Waals surface area (Å²) in [6.07, 6.45) is 21.7. The Hall–Kier alpha value is -1.17. The van der Waals surface area contributed by atoms with Crippen molar-refractivity contribution in [3.05, 3.63) is 24.3 Å². The van der Waals surface area contributed by atoms with E-state index in [-0.39, 0.29) is 12.7 Å². The largest absolute Gasteiger partial charge is 0.481 e. The lowest BCUT2D eigenvalue weighted by molar-refractivity contribution is -0.137. The van der Waals surface area contributed by atoms with Gasteiger partial charge in [-0.2, -0.15) is 0 Å². The van der Waals surface area contributed by atoms with E-state index < -0.39 is 12.1 Å². The zero-order valence-electron chi connectivity index (χ0n) is 19.0. The molecule has 0 amide bonds. The number of aliphatic carboxylic acids is 1. The maximum Gasteiger partial charge on any atom is 0.303 e. The van der Waals surface area contributed by atoms with Crippen LogP contribution in [0.3, 0.4) is 0 Å². The fraction of sp³-hybridized carbons (Fsp3) is 0.792. The molecule has 0 aliphatic carbocycles. The maximum atomic E-state index is 10.3. The Morgan fingerprint density at radius 2 is 1.45 bits per heavy atom. The van der Waals surface area contributed by atoms with Gasteiger partial charge in [0.25, 0.3) is 0 Å². The molecule has 172 valence electrons. The third-order valence-corrected chi connectivity index (χ3v) is 4.22. The van der Waals surface area contributed by atoms with Gasteiger partial charge >= 0.3 is 5.97 Å². The Morgan fingerprint density at radius 1 is 0.897 bits per heavy atom. The van der Waals surface area contributed by atoms with Gasteiger partial charge < -0.3 is 20.1 Å². The smallest absolute Gasteiger partial charge is 0.303 e. The molecule has 0 aliphatic heterocycles. The van der Waals surface area contributed by atoms with E-state index in [2.05, 4.69) is 31.2 Å². The molecule has 0 aliphatic rings. The second-order valence-corrected chi connectivity index (χ2v) is 7.55. The molecule has 0 aromatic carbocycles. The molecule has 2 unspecified atom stereocenters. The summed E-state index contributed by atoms with van der Waals surface area (Å²) in [4.78, 5) is 10.3. The molecule has 0 aromatic heterocycles. The van der Waals surface area contributed by atoms with Gasteiger partial charge in [-0.15, -0.1) is 0 Å². The van der Waals surface area contributed by atoms with Gasteiger partial charge in [0.15, 0.2) is 0 Å². The molecule has 3 N–H and O–H groups in total. The Morgan fingerprint density at radius 3 is 1.97 bits per heavy atom. The van der Waals surface area contributed by atoms with E-state index >= 15 is 0 Å². The van der Waals surface area contributed by atoms with Crippen LogP contribution in [-0.4, -0.2) is 46.7 Å². The molecule has 0 bridgehead atoms. The van der Waals surface area contributed by atoms with Gasteiger partial charge in [0.05, 0.1) is 25.4 Å². The van der Waals surface area contributed by atoms with Crippen molar-refractivity contribution < 1.29 is 24.9 Å². The predicted molar refractivity (Wildman–Crippen MR) is 121 cm³/mol. The lowest BCUT2D eigenvalue weighted by Gasteiger charge is -2.10. The fourth-order valence-corrected chi connectivity index (χ4v) is 2.44. The van der Waals surface area contributed by atoms with Crippen LogP contribution in [0.4, 0.5) is 0 Å². The molecule has 2 atom stereocenters. The normalized spacial score (nSPS) is 13.4. The monoisotopic (exact) mass is 414 g/mol. The SMILES string of the molecule is CC(O)COC(C)CO.CCCCCC=CCC=CCCCCCCCC(=O)O. The van der Waals surface area contributed by atoms with E-state index in [1.165, 1.54) is 44.9 Å². The molecule has 0 spiro atoms. The quantitative estimate of drug-likeness (QED) is 0.199. The zero-order valence-corrected chi connectivity index (χ0v) is 19.0. The van der Waals surface area contributed by atoms with Crippen LogP contribution in [0.15, 0.2) is 24.3 Å². The first-order valence-corrected chi connectivity index (χ1v) is 11.4. The third-order valence-electron chi connectivity index (χ3n) is 4.22. The summed E-state index contributed by atoms with van der Waals surface area (Å²) in [5, 5.41) is 25.6. The van der Waals surface area contributed by atoms with Gasteiger partial charge in [-0.3, -0.25) is 4.79 Å². The number of hydrogen-bond acceptors (Lipinski definition) is 4. The number of allylic oxidation sites excluding steroid dienone is 4. The number of carboxylic acids is 1. The number of carbonyl (C=O) groups is 1. The summed E-state index contributed by atoms with van der Waals surface area (Å²) in [5.74, 6) is -0.671. The zero-order chi connectivity index (χ0) is 22.2. The minimum atomic E-state index is -0.671. The molecular formula is C24H46O5. The summed E-state index contributed by atoms with van der Waals surface area (Å²) in [5.41, 5.74) is 0. The Kier molecular flexibility index (Phi) is 25.7. The summed E-state index contributed by atoms with van der Waals surface area (Å²) in [6, 6.07) is 0. The van der Waals surface area contributed by atoms with Gasteiger partial charge in [-0.05, 0) is 52.4 Å². The molecule has 0 saturated heterocycles. The van der Waals surface area contributed by atoms with E-state index in [0.717, 1.165) is 25.7 Å². The van der Waals surface area contributed by atoms with Crippen LogP contribution in [0.5, 0.6) is 0 Å². The van der Waals surface area contributed by atoms with Crippen molar-refractivity contribution in [3.63, 3.8) is 0 Å². The van der Waals surface area contributed by atoms with Crippen LogP contribution in [0.25, 0.3) is 0 Å². The number of rotatable bonds is 18. The Balaban J connectivity index is 0. The molecule has 5 heteroatoms. The van der Waals surface area contributed by atoms with E-state index in [9.17, 15) is 4.79 Å². The van der Waals surface area contributed by atoms with Crippen LogP contribution in [0.1, 0.15) is 97.8 Å². The standard InChI is InChI=1S/C18H32O2.C6H14O3/c1-2-3-4-5-6-7-8-9-10-11-12-13-14-15-16-17-18(19)20;1-5(8)4-9-6(2)3-7/h6-7,9-10H,2-5,8,11-17H2,1H3,(H,19,20);5-8H,3-4H2,1-2H3. The second kappa shape index (κ2) is 24.9. The molecule has 5 nitrogen and oxygen atoms in total. The molecule has 29 heavy (non-hydrogen) atoms. The summed E-state index contributed by atoms with van der Waals surface area (Å²) < 4.78 is 4.95. The molecule has 0 aromatic rings. The van der Waals surface area contributed by atoms with Gasteiger partial charge in [-0.25, -0.2) is 0 Å². The van der Waals surface area contributed by atoms with Crippen molar-refractivity contribution in [1.29, 1.82) is 0 Å². The first-order valence-electron chi connectivity index (χ1n) is 11.4. The average molecular weight is 415 g/mol. The minimum Gasteiger partial charge on any atom is -0.481 e. The number of aliphatic hydroxyl groups excluding tert-OH is 2. The Bertz CT molecular complexity index is 391. The fourth-order valence-electron chi connectivity index (χ4n) is 2.44. The van der Waals surface area contributed by atoms with Crippen molar-refractivity contribution in [1.82, 2.24) is 0 Å². The van der Waals surface area contributed by atoms with Crippen molar-refractivity contribution in [2.24, 2.45) is 0 Å². The highest BCUT2D eigenvalue weighted by Crippen LogP contribution is 2.08. The predicted octanol–water partition coefficient (Wildman–Crippen LogP) is 5.65. The molecule has 0 rings (SSSR count). The van der Waals surface area contributed by atoms with E-state index in [0.29, 0.717) is 13.0 Å². The van der Waals surface area contributed by atoms with Crippen molar-refractivity contribution in [2.45, 2.75) is 110 Å². The van der Waals surface area contributed by atoms with Gasteiger partial charge in [0.1, 0.15) is 0 Å². The number of unbranched alkanes of at least 4 members (excludes halogenated alkanes) is 8. The second-order valence-electron chi connectivity index (χ2n) is 7.55. The van der Waals surface area contributed by atoms with E-state index in [4.69, 9.17) is 20.1 Å². The minimum absolute atomic E-state index is 0.00667. The number of aliphatic hydroxyl groups is 2. The van der Waals surface area contributed by atoms with Gasteiger partial charge in [0, 0.05) is 6.42 Å². The Labute approximate surface area is 178 Å². The highest BCUT2D eigenvalue weighted by molar-refractivity contribution is 5.66. The van der Waals surface area contributed by atoms with Gasteiger partial charge in [0.2, 0.25) is 0 Å². The molecule has 0 heterocycles. The average Bonchev–Trinajstić information content (AvgIpc) is 2.69. The van der Waals surface area contributed by atoms with Crippen LogP contribution in [0.2, 0.25) is 0 Å². The highest BCUT2D eigenvalue weighted by atomic mass is 16.5. The summed E-state index contributed by atoms with van der Waals surface area (Å²) in [6.45, 7) is 5.93. The van der Waals surface area contributed by atoms with Crippen LogP contribution >= 0.6 is 0 Å². The van der Waals surface area contributed by atoms with Crippen LogP contribution in [-0.2, 0) is 9.53 Å². The lowest BCUT2D eigenvalue weighted by Crippen LogP contribution is -2.19. The van der Waals surface area contributed by atoms with E-state index in [1.54, 1.807) is 13.8 Å². The van der Waals surface area contributed by atoms with Crippen molar-refractivity contribution in [2.75, 3.05) is 13.2 Å². The number of hydrogen-bond donors (Lipinski definition) is 3. The van der Waals surface area contributed by atoms with Crippen molar-refractivity contribution in [3.8, 4) is 0 Å². The molecule has 0 fully saturated rings. The summed E-state index contributed by atoms with van der Waals surface area (Å²) >= 11 is 0. The number of ether oxygens (including phenoxy) is 1. The van der Waals surface area contributed by atoms with Crippen LogP contribution in [0, 0.1) is 0 Å². The maximum absolute atomic E-state index is 10.3. The topological polar surface area (TPSA) is 87.0 Å². The van der Waals surface area contributed by atoms with Crippen LogP contribution < -0.4 is 0 Å². The molecule has 0 radical (unpaired) electrons. The number of carboxylic acid groups (broad SMARTS) is 1.